The van der Waals surface area contributed by atoms with E-state index in [4.69, 9.17) is 9.84 Å². The van der Waals surface area contributed by atoms with Crippen LogP contribution in [-0.4, -0.2) is 28.9 Å². The van der Waals surface area contributed by atoms with Crippen LogP contribution in [0.3, 0.4) is 0 Å². The number of carboxylic acid groups (broad SMARTS) is 1. The Kier molecular flexibility index (Phi) is 4.58. The maximum Gasteiger partial charge on any atom is 0.334 e. The zero-order valence-electron chi connectivity index (χ0n) is 11.2. The van der Waals surface area contributed by atoms with E-state index in [1.54, 1.807) is 6.08 Å². The van der Waals surface area contributed by atoms with Crippen LogP contribution in [0.1, 0.15) is 19.3 Å². The summed E-state index contributed by atoms with van der Waals surface area (Å²) in [4.78, 5) is 10.8. The molecule has 0 fully saturated rings. The van der Waals surface area contributed by atoms with Crippen molar-refractivity contribution in [3.8, 4) is 0 Å². The zero-order chi connectivity index (χ0) is 14.5. The number of carboxylic acids is 1. The molecule has 0 saturated carbocycles. The second kappa shape index (κ2) is 6.39. The molecule has 2 N–H and O–H groups in total. The van der Waals surface area contributed by atoms with Crippen molar-refractivity contribution in [3.05, 3.63) is 59.4 Å². The number of ether oxygens (including phenoxy) is 1. The fourth-order valence-electron chi connectivity index (χ4n) is 2.16. The molecule has 0 aromatic rings. The van der Waals surface area contributed by atoms with Gasteiger partial charge in [-0.05, 0) is 36.1 Å². The van der Waals surface area contributed by atoms with Crippen LogP contribution < -0.4 is 0 Å². The first-order chi connectivity index (χ1) is 9.60. The van der Waals surface area contributed by atoms with Crippen molar-refractivity contribution < 1.29 is 19.7 Å². The SMILES string of the molecule is C=CC1=CC=C(COC2=CC=C(C(=O)O)C(O)C2)CC1. The molecule has 0 saturated heterocycles. The third-order valence-corrected chi connectivity index (χ3v) is 3.42. The molecule has 4 nitrogen and oxygen atoms in total. The van der Waals surface area contributed by atoms with E-state index in [1.165, 1.54) is 17.2 Å². The lowest BCUT2D eigenvalue weighted by molar-refractivity contribution is -0.133. The predicted octanol–water partition coefficient (Wildman–Crippen LogP) is 2.50. The summed E-state index contributed by atoms with van der Waals surface area (Å²) in [6.45, 7) is 4.21. The van der Waals surface area contributed by atoms with Crippen molar-refractivity contribution in [2.24, 2.45) is 0 Å². The average Bonchev–Trinajstić information content (AvgIpc) is 2.45. The molecule has 1 atom stereocenters. The van der Waals surface area contributed by atoms with Gasteiger partial charge in [-0.25, -0.2) is 4.79 Å². The Hall–Kier alpha value is -2.07. The molecule has 20 heavy (non-hydrogen) atoms. The molecule has 0 amide bonds. The molecule has 2 aliphatic carbocycles. The maximum atomic E-state index is 10.8. The molecule has 0 aromatic carbocycles. The molecule has 106 valence electrons. The topological polar surface area (TPSA) is 66.8 Å². The molecular weight excluding hydrogens is 256 g/mol. The van der Waals surface area contributed by atoms with Crippen LogP contribution in [0.25, 0.3) is 0 Å². The average molecular weight is 274 g/mol. The smallest absolute Gasteiger partial charge is 0.334 e. The lowest BCUT2D eigenvalue weighted by Crippen LogP contribution is -2.21. The van der Waals surface area contributed by atoms with Crippen molar-refractivity contribution in [2.75, 3.05) is 6.61 Å². The third-order valence-electron chi connectivity index (χ3n) is 3.42. The van der Waals surface area contributed by atoms with Gasteiger partial charge in [0.25, 0.3) is 0 Å². The summed E-state index contributed by atoms with van der Waals surface area (Å²) in [5.74, 6) is -0.480. The molecule has 0 heterocycles. The first-order valence-corrected chi connectivity index (χ1v) is 6.56. The van der Waals surface area contributed by atoms with Crippen molar-refractivity contribution in [1.29, 1.82) is 0 Å². The first-order valence-electron chi connectivity index (χ1n) is 6.56. The standard InChI is InChI=1S/C16H18O4/c1-2-11-3-5-12(6-4-11)10-20-13-7-8-14(16(18)19)15(17)9-13/h2-3,5,7-8,15,17H,1,4,6,9-10H2,(H,18,19). The number of hydrogen-bond acceptors (Lipinski definition) is 3. The van der Waals surface area contributed by atoms with Gasteiger partial charge in [0, 0.05) is 6.42 Å². The van der Waals surface area contributed by atoms with Gasteiger partial charge in [-0.2, -0.15) is 0 Å². The molecule has 0 radical (unpaired) electrons. The number of aliphatic hydroxyl groups is 1. The summed E-state index contributed by atoms with van der Waals surface area (Å²) in [5, 5.41) is 18.6. The molecule has 2 rings (SSSR count). The fraction of sp³-hybridized carbons (Fsp3) is 0.312. The molecule has 0 aliphatic heterocycles. The Labute approximate surface area is 118 Å². The van der Waals surface area contributed by atoms with Gasteiger partial charge in [0.2, 0.25) is 0 Å². The van der Waals surface area contributed by atoms with E-state index in [0.717, 1.165) is 12.8 Å². The van der Waals surface area contributed by atoms with E-state index in [9.17, 15) is 9.90 Å². The summed E-state index contributed by atoms with van der Waals surface area (Å²) in [5.41, 5.74) is 2.40. The number of aliphatic carboxylic acids is 1. The van der Waals surface area contributed by atoms with Gasteiger partial charge < -0.3 is 14.9 Å². The largest absolute Gasteiger partial charge is 0.493 e. The third kappa shape index (κ3) is 3.48. The summed E-state index contributed by atoms with van der Waals surface area (Å²) >= 11 is 0. The quantitative estimate of drug-likeness (QED) is 0.808. The van der Waals surface area contributed by atoms with Crippen LogP contribution in [0, 0.1) is 0 Å². The van der Waals surface area contributed by atoms with Gasteiger partial charge in [-0.3, -0.25) is 0 Å². The second-order valence-electron chi connectivity index (χ2n) is 4.84. The van der Waals surface area contributed by atoms with Crippen LogP contribution >= 0.6 is 0 Å². The molecule has 0 spiro atoms. The number of rotatable bonds is 5. The zero-order valence-corrected chi connectivity index (χ0v) is 11.2. The minimum Gasteiger partial charge on any atom is -0.493 e. The van der Waals surface area contributed by atoms with Crippen molar-refractivity contribution in [3.63, 3.8) is 0 Å². The first kappa shape index (κ1) is 14.3. The van der Waals surface area contributed by atoms with Gasteiger partial charge in [0.05, 0.1) is 17.4 Å². The molecule has 4 heteroatoms. The number of carbonyl (C=O) groups is 1. The van der Waals surface area contributed by atoms with E-state index >= 15 is 0 Å². The van der Waals surface area contributed by atoms with Crippen LogP contribution in [-0.2, 0) is 9.53 Å². The van der Waals surface area contributed by atoms with Gasteiger partial charge in [0.15, 0.2) is 0 Å². The molecule has 2 aliphatic rings. The summed E-state index contributed by atoms with van der Waals surface area (Å²) < 4.78 is 5.63. The van der Waals surface area contributed by atoms with Gasteiger partial charge in [-0.15, -0.1) is 0 Å². The predicted molar refractivity (Wildman–Crippen MR) is 76.0 cm³/mol. The number of aliphatic hydroxyl groups excluding tert-OH is 1. The lowest BCUT2D eigenvalue weighted by atomic mass is 9.98. The Morgan fingerprint density at radius 1 is 1.35 bits per heavy atom. The maximum absolute atomic E-state index is 10.8. The van der Waals surface area contributed by atoms with E-state index in [0.29, 0.717) is 12.4 Å². The van der Waals surface area contributed by atoms with Gasteiger partial charge >= 0.3 is 5.97 Å². The van der Waals surface area contributed by atoms with E-state index in [1.807, 2.05) is 18.2 Å². The van der Waals surface area contributed by atoms with Crippen LogP contribution in [0.15, 0.2) is 59.4 Å². The van der Waals surface area contributed by atoms with Crippen LogP contribution in [0.4, 0.5) is 0 Å². The van der Waals surface area contributed by atoms with Crippen molar-refractivity contribution in [2.45, 2.75) is 25.4 Å². The fourth-order valence-corrected chi connectivity index (χ4v) is 2.16. The van der Waals surface area contributed by atoms with Gasteiger partial charge in [0.1, 0.15) is 6.61 Å². The summed E-state index contributed by atoms with van der Waals surface area (Å²) in [6, 6.07) is 0. The Morgan fingerprint density at radius 3 is 2.70 bits per heavy atom. The highest BCUT2D eigenvalue weighted by Gasteiger charge is 2.22. The number of allylic oxidation sites excluding steroid dienone is 6. The molecular formula is C16H18O4. The highest BCUT2D eigenvalue weighted by molar-refractivity contribution is 5.88. The second-order valence-corrected chi connectivity index (χ2v) is 4.84. The van der Waals surface area contributed by atoms with Crippen LogP contribution in [0.5, 0.6) is 0 Å². The minimum atomic E-state index is -1.09. The molecule has 0 bridgehead atoms. The van der Waals surface area contributed by atoms with E-state index in [-0.39, 0.29) is 12.0 Å². The summed E-state index contributed by atoms with van der Waals surface area (Å²) in [6.07, 6.45) is 10.0. The minimum absolute atomic E-state index is 0.00721. The van der Waals surface area contributed by atoms with Gasteiger partial charge in [-0.1, -0.05) is 24.8 Å². The molecule has 1 unspecified atom stereocenters. The van der Waals surface area contributed by atoms with Crippen LogP contribution in [0.2, 0.25) is 0 Å². The molecule has 0 aromatic heterocycles. The monoisotopic (exact) mass is 274 g/mol. The van der Waals surface area contributed by atoms with Crippen molar-refractivity contribution in [1.82, 2.24) is 0 Å². The highest BCUT2D eigenvalue weighted by atomic mass is 16.5. The van der Waals surface area contributed by atoms with E-state index in [2.05, 4.69) is 6.58 Å². The number of hydrogen-bond donors (Lipinski definition) is 2. The normalized spacial score (nSPS) is 22.1. The summed E-state index contributed by atoms with van der Waals surface area (Å²) in [7, 11) is 0. The van der Waals surface area contributed by atoms with E-state index < -0.39 is 12.1 Å². The Balaban J connectivity index is 1.93. The Morgan fingerprint density at radius 2 is 2.15 bits per heavy atom. The lowest BCUT2D eigenvalue weighted by Gasteiger charge is -2.20. The Bertz CT molecular complexity index is 535. The highest BCUT2D eigenvalue weighted by Crippen LogP contribution is 2.23. The van der Waals surface area contributed by atoms with Crippen molar-refractivity contribution >= 4 is 5.97 Å².